The third-order valence-corrected chi connectivity index (χ3v) is 5.94. The highest BCUT2D eigenvalue weighted by molar-refractivity contribution is 7.55. The molecule has 0 aliphatic heterocycles. The topological polar surface area (TPSA) is 102 Å². The fourth-order valence-electron chi connectivity index (χ4n) is 2.51. The van der Waals surface area contributed by atoms with Crippen LogP contribution in [0, 0.1) is 11.3 Å². The second-order valence-corrected chi connectivity index (χ2v) is 7.30. The van der Waals surface area contributed by atoms with Crippen molar-refractivity contribution in [3.8, 4) is 6.07 Å². The van der Waals surface area contributed by atoms with Gasteiger partial charge in [0, 0.05) is 23.6 Å². The van der Waals surface area contributed by atoms with Crippen LogP contribution < -0.4 is 0 Å². The molecule has 1 N–H and O–H groups in total. The molecule has 1 atom stereocenters. The molecular weight excluding hydrogens is 331 g/mol. The lowest BCUT2D eigenvalue weighted by molar-refractivity contribution is -0.137. The van der Waals surface area contributed by atoms with Crippen molar-refractivity contribution < 1.29 is 23.5 Å². The van der Waals surface area contributed by atoms with Gasteiger partial charge in [-0.15, -0.1) is 0 Å². The van der Waals surface area contributed by atoms with Crippen LogP contribution in [-0.4, -0.2) is 34.5 Å². The first-order valence-electron chi connectivity index (χ1n) is 7.55. The SMILES string of the molecule is CCOP(=O)(OCC)C(Cn1ccc2cc(C#N)ccc21)C(=O)O. The van der Waals surface area contributed by atoms with Gasteiger partial charge in [-0.3, -0.25) is 9.36 Å². The fourth-order valence-corrected chi connectivity index (χ4v) is 4.31. The Hall–Kier alpha value is -2.13. The summed E-state index contributed by atoms with van der Waals surface area (Å²) in [6.45, 7) is 3.41. The molecule has 1 unspecified atom stereocenters. The Morgan fingerprint density at radius 1 is 1.33 bits per heavy atom. The molecule has 0 bridgehead atoms. The molecule has 7 nitrogen and oxygen atoms in total. The van der Waals surface area contributed by atoms with E-state index in [9.17, 15) is 14.5 Å². The molecule has 1 aromatic carbocycles. The van der Waals surface area contributed by atoms with Crippen molar-refractivity contribution in [2.24, 2.45) is 0 Å². The van der Waals surface area contributed by atoms with Crippen LogP contribution in [0.15, 0.2) is 30.5 Å². The number of carbonyl (C=O) groups is 1. The van der Waals surface area contributed by atoms with E-state index in [1.54, 1.807) is 48.9 Å². The Labute approximate surface area is 139 Å². The number of fused-ring (bicyclic) bond motifs is 1. The highest BCUT2D eigenvalue weighted by Crippen LogP contribution is 2.53. The van der Waals surface area contributed by atoms with Gasteiger partial charge in [0.15, 0.2) is 5.66 Å². The molecule has 0 amide bonds. The molecule has 2 aromatic rings. The number of nitriles is 1. The summed E-state index contributed by atoms with van der Waals surface area (Å²) >= 11 is 0. The van der Waals surface area contributed by atoms with E-state index in [0.29, 0.717) is 5.56 Å². The van der Waals surface area contributed by atoms with Crippen LogP contribution in [0.1, 0.15) is 19.4 Å². The number of carboxylic acid groups (broad SMARTS) is 1. The smallest absolute Gasteiger partial charge is 0.346 e. The zero-order chi connectivity index (χ0) is 17.7. The molecule has 24 heavy (non-hydrogen) atoms. The highest BCUT2D eigenvalue weighted by Gasteiger charge is 2.41. The minimum absolute atomic E-state index is 0.0536. The summed E-state index contributed by atoms with van der Waals surface area (Å²) in [4.78, 5) is 11.7. The number of aliphatic carboxylic acids is 1. The van der Waals surface area contributed by atoms with Crippen LogP contribution in [0.2, 0.25) is 0 Å². The minimum atomic E-state index is -3.79. The summed E-state index contributed by atoms with van der Waals surface area (Å²) in [6, 6.07) is 8.94. The summed E-state index contributed by atoms with van der Waals surface area (Å²) in [7, 11) is -3.79. The minimum Gasteiger partial charge on any atom is -0.481 e. The Balaban J connectivity index is 2.39. The van der Waals surface area contributed by atoms with Crippen molar-refractivity contribution in [3.63, 3.8) is 0 Å². The van der Waals surface area contributed by atoms with Gasteiger partial charge >= 0.3 is 13.6 Å². The summed E-state index contributed by atoms with van der Waals surface area (Å²) in [5, 5.41) is 19.3. The lowest BCUT2D eigenvalue weighted by Crippen LogP contribution is -2.28. The van der Waals surface area contributed by atoms with Crippen molar-refractivity contribution in [3.05, 3.63) is 36.0 Å². The molecule has 1 aromatic heterocycles. The molecule has 8 heteroatoms. The van der Waals surface area contributed by atoms with Crippen LogP contribution in [-0.2, 0) is 25.0 Å². The molecule has 0 saturated heterocycles. The molecule has 1 heterocycles. The van der Waals surface area contributed by atoms with Gasteiger partial charge in [-0.25, -0.2) is 0 Å². The lowest BCUT2D eigenvalue weighted by Gasteiger charge is -2.24. The lowest BCUT2D eigenvalue weighted by atomic mass is 10.2. The number of benzene rings is 1. The van der Waals surface area contributed by atoms with E-state index < -0.39 is 19.2 Å². The summed E-state index contributed by atoms with van der Waals surface area (Å²) in [5.41, 5.74) is -0.0484. The highest BCUT2D eigenvalue weighted by atomic mass is 31.2. The average molecular weight is 350 g/mol. The van der Waals surface area contributed by atoms with Crippen molar-refractivity contribution in [2.45, 2.75) is 26.1 Å². The average Bonchev–Trinajstić information content (AvgIpc) is 2.94. The Morgan fingerprint density at radius 2 is 2.00 bits per heavy atom. The molecule has 2 rings (SSSR count). The van der Waals surface area contributed by atoms with Crippen LogP contribution >= 0.6 is 7.60 Å². The first-order chi connectivity index (χ1) is 11.4. The van der Waals surface area contributed by atoms with E-state index in [0.717, 1.165) is 10.9 Å². The van der Waals surface area contributed by atoms with Crippen LogP contribution in [0.25, 0.3) is 10.9 Å². The summed E-state index contributed by atoms with van der Waals surface area (Å²) < 4.78 is 24.9. The third kappa shape index (κ3) is 3.68. The van der Waals surface area contributed by atoms with Gasteiger partial charge in [0.2, 0.25) is 0 Å². The van der Waals surface area contributed by atoms with Gasteiger partial charge in [-0.05, 0) is 38.1 Å². The van der Waals surface area contributed by atoms with Crippen molar-refractivity contribution in [1.29, 1.82) is 5.26 Å². The van der Waals surface area contributed by atoms with Gasteiger partial charge in [0.25, 0.3) is 0 Å². The number of hydrogen-bond donors (Lipinski definition) is 1. The molecule has 0 saturated carbocycles. The molecule has 0 radical (unpaired) electrons. The normalized spacial score (nSPS) is 12.9. The maximum Gasteiger partial charge on any atom is 0.346 e. The van der Waals surface area contributed by atoms with E-state index in [4.69, 9.17) is 14.3 Å². The Morgan fingerprint density at radius 3 is 2.54 bits per heavy atom. The van der Waals surface area contributed by atoms with Crippen molar-refractivity contribution >= 4 is 24.5 Å². The van der Waals surface area contributed by atoms with E-state index in [-0.39, 0.29) is 19.8 Å². The second-order valence-electron chi connectivity index (χ2n) is 5.08. The van der Waals surface area contributed by atoms with E-state index >= 15 is 0 Å². The molecule has 0 aliphatic rings. The van der Waals surface area contributed by atoms with Gasteiger partial charge in [-0.1, -0.05) is 0 Å². The van der Waals surface area contributed by atoms with Crippen molar-refractivity contribution in [2.75, 3.05) is 13.2 Å². The zero-order valence-electron chi connectivity index (χ0n) is 13.5. The first-order valence-corrected chi connectivity index (χ1v) is 9.17. The standard InChI is InChI=1S/C16H19N2O5P/c1-3-22-24(21,23-4-2)15(16(19)20)11-18-8-7-13-9-12(10-17)5-6-14(13)18/h5-9,15H,3-4,11H2,1-2H3,(H,19,20). The fraction of sp³-hybridized carbons (Fsp3) is 0.375. The molecule has 0 fully saturated rings. The molecule has 0 aliphatic carbocycles. The maximum atomic E-state index is 12.8. The van der Waals surface area contributed by atoms with Crippen molar-refractivity contribution in [1.82, 2.24) is 4.57 Å². The third-order valence-electron chi connectivity index (χ3n) is 3.55. The van der Waals surface area contributed by atoms with Gasteiger partial charge in [0.1, 0.15) is 0 Å². The maximum absolute atomic E-state index is 12.8. The molecular formula is C16H19N2O5P. The number of rotatable bonds is 8. The van der Waals surface area contributed by atoms with Crippen LogP contribution in [0.5, 0.6) is 0 Å². The first kappa shape index (κ1) is 18.2. The molecule has 128 valence electrons. The summed E-state index contributed by atoms with van der Waals surface area (Å²) in [6.07, 6.45) is 1.70. The predicted octanol–water partition coefficient (Wildman–Crippen LogP) is 3.23. The Kier molecular flexibility index (Phi) is 5.79. The van der Waals surface area contributed by atoms with Crippen LogP contribution in [0.4, 0.5) is 0 Å². The monoisotopic (exact) mass is 350 g/mol. The number of nitrogens with zero attached hydrogens (tertiary/aromatic N) is 2. The van der Waals surface area contributed by atoms with E-state index in [2.05, 4.69) is 6.07 Å². The van der Waals surface area contributed by atoms with Crippen LogP contribution in [0.3, 0.4) is 0 Å². The van der Waals surface area contributed by atoms with Gasteiger partial charge in [0.05, 0.1) is 24.8 Å². The second kappa shape index (κ2) is 7.63. The largest absolute Gasteiger partial charge is 0.481 e. The van der Waals surface area contributed by atoms with E-state index in [1.165, 1.54) is 0 Å². The number of hydrogen-bond acceptors (Lipinski definition) is 5. The van der Waals surface area contributed by atoms with E-state index in [1.807, 2.05) is 0 Å². The van der Waals surface area contributed by atoms with Gasteiger partial charge < -0.3 is 18.7 Å². The number of carboxylic acids is 1. The predicted molar refractivity (Wildman–Crippen MR) is 88.9 cm³/mol. The zero-order valence-corrected chi connectivity index (χ0v) is 14.4. The quantitative estimate of drug-likeness (QED) is 0.734. The Bertz CT molecular complexity index is 813. The summed E-state index contributed by atoms with van der Waals surface area (Å²) in [5.74, 6) is -1.24. The number of aromatic nitrogens is 1. The van der Waals surface area contributed by atoms with Gasteiger partial charge in [-0.2, -0.15) is 5.26 Å². The molecule has 0 spiro atoms.